The van der Waals surface area contributed by atoms with E-state index in [0.29, 0.717) is 17.4 Å². The first-order valence-electron chi connectivity index (χ1n) is 4.98. The Labute approximate surface area is 77.5 Å². The van der Waals surface area contributed by atoms with Crippen molar-refractivity contribution in [1.29, 1.82) is 0 Å². The Kier molecular flexibility index (Phi) is 4.84. The molecule has 2 unspecified atom stereocenters. The van der Waals surface area contributed by atoms with Gasteiger partial charge in [-0.3, -0.25) is 0 Å². The van der Waals surface area contributed by atoms with E-state index in [1.807, 2.05) is 0 Å². The fourth-order valence-corrected chi connectivity index (χ4v) is 0.878. The minimum Gasteiger partial charge on any atom is -0.378 e. The molecule has 0 aliphatic carbocycles. The van der Waals surface area contributed by atoms with Crippen molar-refractivity contribution in [3.8, 4) is 0 Å². The van der Waals surface area contributed by atoms with E-state index in [1.54, 1.807) is 0 Å². The third-order valence-electron chi connectivity index (χ3n) is 2.22. The summed E-state index contributed by atoms with van der Waals surface area (Å²) in [4.78, 5) is 0. The molecule has 0 aromatic carbocycles. The average molecular weight is 172 g/mol. The summed E-state index contributed by atoms with van der Waals surface area (Å²) in [7, 11) is 0. The first-order chi connectivity index (χ1) is 5.37. The smallest absolute Gasteiger partial charge is 0.0572 e. The van der Waals surface area contributed by atoms with Gasteiger partial charge in [-0.25, -0.2) is 0 Å². The van der Waals surface area contributed by atoms with Gasteiger partial charge in [0.15, 0.2) is 0 Å². The molecule has 2 atom stereocenters. The molecule has 0 aromatic rings. The summed E-state index contributed by atoms with van der Waals surface area (Å²) >= 11 is 0. The van der Waals surface area contributed by atoms with Crippen molar-refractivity contribution in [1.82, 2.24) is 0 Å². The van der Waals surface area contributed by atoms with Crippen LogP contribution in [-0.4, -0.2) is 12.7 Å². The molecule has 0 rings (SSSR count). The van der Waals surface area contributed by atoms with E-state index in [2.05, 4.69) is 41.5 Å². The molecule has 0 fully saturated rings. The lowest BCUT2D eigenvalue weighted by atomic mass is 9.97. The highest BCUT2D eigenvalue weighted by molar-refractivity contribution is 4.64. The predicted molar refractivity (Wildman–Crippen MR) is 54.3 cm³/mol. The zero-order chi connectivity index (χ0) is 9.78. The Morgan fingerprint density at radius 1 is 1.17 bits per heavy atom. The second kappa shape index (κ2) is 4.86. The van der Waals surface area contributed by atoms with Crippen LogP contribution < -0.4 is 0 Å². The second-order valence-electron chi connectivity index (χ2n) is 4.96. The van der Waals surface area contributed by atoms with E-state index in [1.165, 1.54) is 6.42 Å². The maximum atomic E-state index is 5.76. The minimum absolute atomic E-state index is 0.293. The van der Waals surface area contributed by atoms with Gasteiger partial charge >= 0.3 is 0 Å². The fourth-order valence-electron chi connectivity index (χ4n) is 0.878. The zero-order valence-electron chi connectivity index (χ0n) is 9.48. The lowest BCUT2D eigenvalue weighted by Gasteiger charge is -2.24. The van der Waals surface area contributed by atoms with Gasteiger partial charge in [0, 0.05) is 0 Å². The molecule has 0 aliphatic rings. The van der Waals surface area contributed by atoms with Crippen molar-refractivity contribution in [3.05, 3.63) is 0 Å². The molecule has 74 valence electrons. The van der Waals surface area contributed by atoms with Crippen molar-refractivity contribution in [2.75, 3.05) is 6.61 Å². The summed E-state index contributed by atoms with van der Waals surface area (Å²) in [6.45, 7) is 14.1. The third kappa shape index (κ3) is 5.59. The van der Waals surface area contributed by atoms with Crippen molar-refractivity contribution < 1.29 is 4.74 Å². The molecule has 1 heteroatoms. The number of hydrogen-bond acceptors (Lipinski definition) is 1. The molecular formula is C11H24O. The lowest BCUT2D eigenvalue weighted by Crippen LogP contribution is -2.24. The minimum atomic E-state index is 0.293. The Bertz CT molecular complexity index is 113. The summed E-state index contributed by atoms with van der Waals surface area (Å²) in [5, 5.41) is 0. The van der Waals surface area contributed by atoms with Crippen LogP contribution in [0.2, 0.25) is 0 Å². The topological polar surface area (TPSA) is 9.23 Å². The van der Waals surface area contributed by atoms with Gasteiger partial charge in [0.25, 0.3) is 0 Å². The van der Waals surface area contributed by atoms with Gasteiger partial charge in [-0.05, 0) is 18.3 Å². The maximum Gasteiger partial charge on any atom is 0.0572 e. The van der Waals surface area contributed by atoms with E-state index in [4.69, 9.17) is 4.74 Å². The van der Waals surface area contributed by atoms with Crippen molar-refractivity contribution >= 4 is 0 Å². The Balaban J connectivity index is 3.64. The van der Waals surface area contributed by atoms with Crippen LogP contribution in [0.1, 0.15) is 48.0 Å². The van der Waals surface area contributed by atoms with Gasteiger partial charge in [-0.1, -0.05) is 41.0 Å². The number of ether oxygens (including phenoxy) is 1. The van der Waals surface area contributed by atoms with Gasteiger partial charge < -0.3 is 4.74 Å². The van der Waals surface area contributed by atoms with E-state index in [9.17, 15) is 0 Å². The summed E-state index contributed by atoms with van der Waals surface area (Å²) < 4.78 is 5.76. The molecule has 0 spiro atoms. The van der Waals surface area contributed by atoms with Crippen LogP contribution in [0.15, 0.2) is 0 Å². The van der Waals surface area contributed by atoms with Crippen LogP contribution in [0.4, 0.5) is 0 Å². The highest BCUT2D eigenvalue weighted by atomic mass is 16.5. The van der Waals surface area contributed by atoms with E-state index >= 15 is 0 Å². The molecule has 0 saturated heterocycles. The maximum absolute atomic E-state index is 5.76. The molecule has 0 heterocycles. The molecule has 12 heavy (non-hydrogen) atoms. The van der Waals surface area contributed by atoms with Crippen LogP contribution >= 0.6 is 0 Å². The van der Waals surface area contributed by atoms with E-state index < -0.39 is 0 Å². The predicted octanol–water partition coefficient (Wildman–Crippen LogP) is 3.48. The molecule has 0 aliphatic heterocycles. The van der Waals surface area contributed by atoms with Crippen LogP contribution in [0.3, 0.4) is 0 Å². The molecule has 0 aromatic heterocycles. The molecule has 0 bridgehead atoms. The van der Waals surface area contributed by atoms with Crippen LogP contribution in [-0.2, 0) is 4.74 Å². The summed E-state index contributed by atoms with van der Waals surface area (Å²) in [6, 6.07) is 0. The van der Waals surface area contributed by atoms with Gasteiger partial charge in [-0.2, -0.15) is 0 Å². The quantitative estimate of drug-likeness (QED) is 0.631. The largest absolute Gasteiger partial charge is 0.378 e. The van der Waals surface area contributed by atoms with Crippen molar-refractivity contribution in [2.24, 2.45) is 11.3 Å². The summed E-state index contributed by atoms with van der Waals surface area (Å²) in [5.41, 5.74) is 0.293. The Morgan fingerprint density at radius 2 is 1.67 bits per heavy atom. The Morgan fingerprint density at radius 3 is 2.00 bits per heavy atom. The zero-order valence-corrected chi connectivity index (χ0v) is 9.48. The van der Waals surface area contributed by atoms with Crippen LogP contribution in [0, 0.1) is 11.3 Å². The van der Waals surface area contributed by atoms with Gasteiger partial charge in [-0.15, -0.1) is 0 Å². The first-order valence-corrected chi connectivity index (χ1v) is 4.98. The van der Waals surface area contributed by atoms with Crippen LogP contribution in [0.5, 0.6) is 0 Å². The molecular weight excluding hydrogens is 148 g/mol. The fraction of sp³-hybridized carbons (Fsp3) is 1.00. The SMILES string of the molecule is CCC(C)C(C)OCC(C)(C)C. The number of rotatable bonds is 4. The molecule has 0 saturated carbocycles. The summed E-state index contributed by atoms with van der Waals surface area (Å²) in [6.07, 6.45) is 1.60. The molecule has 1 nitrogen and oxygen atoms in total. The number of hydrogen-bond donors (Lipinski definition) is 0. The first kappa shape index (κ1) is 12.0. The normalized spacial score (nSPS) is 17.5. The highest BCUT2D eigenvalue weighted by Gasteiger charge is 2.15. The van der Waals surface area contributed by atoms with Gasteiger partial charge in [0.05, 0.1) is 12.7 Å². The third-order valence-corrected chi connectivity index (χ3v) is 2.22. The Hall–Kier alpha value is -0.0400. The standard InChI is InChI=1S/C11H24O/c1-7-9(2)10(3)12-8-11(4,5)6/h9-10H,7-8H2,1-6H3. The van der Waals surface area contributed by atoms with E-state index in [0.717, 1.165) is 6.61 Å². The van der Waals surface area contributed by atoms with Gasteiger partial charge in [0.1, 0.15) is 0 Å². The monoisotopic (exact) mass is 172 g/mol. The molecule has 0 radical (unpaired) electrons. The van der Waals surface area contributed by atoms with Gasteiger partial charge in [0.2, 0.25) is 0 Å². The van der Waals surface area contributed by atoms with Crippen LogP contribution in [0.25, 0.3) is 0 Å². The van der Waals surface area contributed by atoms with Crippen molar-refractivity contribution in [2.45, 2.75) is 54.1 Å². The second-order valence-corrected chi connectivity index (χ2v) is 4.96. The lowest BCUT2D eigenvalue weighted by molar-refractivity contribution is -0.00926. The summed E-state index contributed by atoms with van der Waals surface area (Å²) in [5.74, 6) is 0.673. The molecule has 0 N–H and O–H groups in total. The molecule has 0 amide bonds. The average Bonchev–Trinajstić information content (AvgIpc) is 1.97. The van der Waals surface area contributed by atoms with E-state index in [-0.39, 0.29) is 0 Å². The van der Waals surface area contributed by atoms with Crippen molar-refractivity contribution in [3.63, 3.8) is 0 Å². The highest BCUT2D eigenvalue weighted by Crippen LogP contribution is 2.17.